The van der Waals surface area contributed by atoms with Crippen LogP contribution < -0.4 is 10.4 Å². The molecule has 0 aliphatic carbocycles. The van der Waals surface area contributed by atoms with E-state index < -0.39 is 34.5 Å². The number of carbonyl (C=O) groups excluding carboxylic acids is 1. The summed E-state index contributed by atoms with van der Waals surface area (Å²) in [4.78, 5) is 27.2. The number of fused-ring (bicyclic) bond motifs is 3. The fraction of sp³-hybridized carbons (Fsp3) is 0.333. The van der Waals surface area contributed by atoms with Gasteiger partial charge >= 0.3 is 0 Å². The molecule has 0 saturated carbocycles. The van der Waals surface area contributed by atoms with Gasteiger partial charge in [0.05, 0.1) is 5.56 Å². The zero-order chi connectivity index (χ0) is 23.6. The van der Waals surface area contributed by atoms with Crippen LogP contribution in [0.15, 0.2) is 23.1 Å². The van der Waals surface area contributed by atoms with E-state index in [9.17, 15) is 27.9 Å². The Hall–Kier alpha value is -3.41. The van der Waals surface area contributed by atoms with Crippen LogP contribution >= 0.6 is 11.3 Å². The van der Waals surface area contributed by atoms with Crippen molar-refractivity contribution in [1.82, 2.24) is 19.8 Å². The number of amides is 1. The maximum absolute atomic E-state index is 14.0. The SMILES string of the molecule is C[C@@H]1CC[C@H]2N(C)C(=O)c3c(O)c(=O)c(-c4nnc(Cc5c(F)cc(F)cc5F)s4)cn3N12. The van der Waals surface area contributed by atoms with Gasteiger partial charge in [0, 0.05) is 43.4 Å². The first-order valence-electron chi connectivity index (χ1n) is 10.2. The number of carbonyl (C=O) groups is 1. The smallest absolute Gasteiger partial charge is 0.277 e. The van der Waals surface area contributed by atoms with E-state index in [1.54, 1.807) is 7.05 Å². The van der Waals surface area contributed by atoms with Crippen LogP contribution in [0.5, 0.6) is 5.75 Å². The second-order valence-electron chi connectivity index (χ2n) is 8.14. The van der Waals surface area contributed by atoms with Crippen molar-refractivity contribution in [2.75, 3.05) is 12.1 Å². The van der Waals surface area contributed by atoms with Crippen LogP contribution in [-0.2, 0) is 6.42 Å². The molecule has 1 saturated heterocycles. The Bertz CT molecular complexity index is 1330. The molecule has 12 heteroatoms. The first-order valence-corrected chi connectivity index (χ1v) is 11.0. The Balaban J connectivity index is 1.57. The minimum absolute atomic E-state index is 0.00949. The minimum Gasteiger partial charge on any atom is -0.502 e. The molecule has 2 aliphatic heterocycles. The summed E-state index contributed by atoms with van der Waals surface area (Å²) >= 11 is 0.916. The third-order valence-electron chi connectivity index (χ3n) is 6.11. The molecular formula is C21H18F3N5O3S. The van der Waals surface area contributed by atoms with Crippen LogP contribution in [0.1, 0.15) is 40.8 Å². The number of rotatable bonds is 3. The second-order valence-corrected chi connectivity index (χ2v) is 9.20. The van der Waals surface area contributed by atoms with Crippen molar-refractivity contribution in [1.29, 1.82) is 0 Å². The van der Waals surface area contributed by atoms with E-state index in [0.29, 0.717) is 12.1 Å². The van der Waals surface area contributed by atoms with Gasteiger partial charge in [0.25, 0.3) is 5.91 Å². The second kappa shape index (κ2) is 7.58. The van der Waals surface area contributed by atoms with Gasteiger partial charge in [0.1, 0.15) is 28.6 Å². The third-order valence-corrected chi connectivity index (χ3v) is 7.07. The maximum Gasteiger partial charge on any atom is 0.277 e. The molecule has 0 spiro atoms. The lowest BCUT2D eigenvalue weighted by atomic mass is 10.1. The lowest BCUT2D eigenvalue weighted by Crippen LogP contribution is -2.59. The van der Waals surface area contributed by atoms with Crippen molar-refractivity contribution in [3.8, 4) is 16.3 Å². The summed E-state index contributed by atoms with van der Waals surface area (Å²) in [6.07, 6.45) is 2.50. The van der Waals surface area contributed by atoms with E-state index in [1.807, 2.05) is 11.9 Å². The number of benzene rings is 1. The molecular weight excluding hydrogens is 459 g/mol. The van der Waals surface area contributed by atoms with Gasteiger partial charge < -0.3 is 10.0 Å². The molecule has 33 heavy (non-hydrogen) atoms. The van der Waals surface area contributed by atoms with Gasteiger partial charge in [-0.25, -0.2) is 13.2 Å². The molecule has 0 radical (unpaired) electrons. The number of hydrogen-bond donors (Lipinski definition) is 1. The minimum atomic E-state index is -1.05. The average Bonchev–Trinajstić information content (AvgIpc) is 3.38. The van der Waals surface area contributed by atoms with Crippen LogP contribution in [0.4, 0.5) is 13.2 Å². The number of hydrogen-bond acceptors (Lipinski definition) is 7. The molecule has 2 aliphatic rings. The van der Waals surface area contributed by atoms with Crippen molar-refractivity contribution < 1.29 is 23.1 Å². The summed E-state index contributed by atoms with van der Waals surface area (Å²) in [7, 11) is 1.63. The van der Waals surface area contributed by atoms with Crippen LogP contribution in [0.2, 0.25) is 0 Å². The van der Waals surface area contributed by atoms with Crippen molar-refractivity contribution in [3.63, 3.8) is 0 Å². The van der Waals surface area contributed by atoms with Gasteiger partial charge in [-0.15, -0.1) is 10.2 Å². The van der Waals surface area contributed by atoms with E-state index in [2.05, 4.69) is 10.2 Å². The molecule has 5 rings (SSSR count). The van der Waals surface area contributed by atoms with Gasteiger partial charge in [-0.3, -0.25) is 19.3 Å². The highest BCUT2D eigenvalue weighted by molar-refractivity contribution is 7.14. The molecule has 8 nitrogen and oxygen atoms in total. The first-order chi connectivity index (χ1) is 15.7. The Morgan fingerprint density at radius 1 is 1.15 bits per heavy atom. The highest BCUT2D eigenvalue weighted by Crippen LogP contribution is 2.34. The monoisotopic (exact) mass is 477 g/mol. The van der Waals surface area contributed by atoms with Crippen LogP contribution in [0, 0.1) is 17.5 Å². The van der Waals surface area contributed by atoms with E-state index >= 15 is 0 Å². The Morgan fingerprint density at radius 2 is 1.85 bits per heavy atom. The van der Waals surface area contributed by atoms with E-state index in [1.165, 1.54) is 15.8 Å². The largest absolute Gasteiger partial charge is 0.502 e. The van der Waals surface area contributed by atoms with Gasteiger partial charge in [0.2, 0.25) is 5.43 Å². The predicted molar refractivity (Wildman–Crippen MR) is 113 cm³/mol. The summed E-state index contributed by atoms with van der Waals surface area (Å²) < 4.78 is 42.7. The normalized spacial score (nSPS) is 19.7. The molecule has 1 aromatic carbocycles. The fourth-order valence-corrected chi connectivity index (χ4v) is 5.29. The highest BCUT2D eigenvalue weighted by atomic mass is 32.1. The summed E-state index contributed by atoms with van der Waals surface area (Å²) in [6.45, 7) is 1.98. The number of nitrogens with zero attached hydrogens (tertiary/aromatic N) is 5. The Kier molecular flexibility index (Phi) is 4.92. The molecule has 2 atom stereocenters. The quantitative estimate of drug-likeness (QED) is 0.624. The first kappa shape index (κ1) is 21.4. The number of aromatic hydroxyl groups is 1. The van der Waals surface area contributed by atoms with Crippen LogP contribution in [-0.4, -0.2) is 50.0 Å². The Labute approximate surface area is 189 Å². The van der Waals surface area contributed by atoms with Crippen LogP contribution in [0.3, 0.4) is 0 Å². The average molecular weight is 477 g/mol. The van der Waals surface area contributed by atoms with E-state index in [-0.39, 0.29) is 45.5 Å². The summed E-state index contributed by atoms with van der Waals surface area (Å²) in [6, 6.07) is 1.21. The van der Waals surface area contributed by atoms with Gasteiger partial charge in [-0.1, -0.05) is 11.3 Å². The topological polar surface area (TPSA) is 91.6 Å². The van der Waals surface area contributed by atoms with Crippen molar-refractivity contribution in [2.24, 2.45) is 0 Å². The molecule has 3 aromatic rings. The molecule has 172 valence electrons. The summed E-state index contributed by atoms with van der Waals surface area (Å²) in [5, 5.41) is 20.7. The number of pyridine rings is 1. The molecule has 1 amide bonds. The van der Waals surface area contributed by atoms with Crippen molar-refractivity contribution in [2.45, 2.75) is 38.4 Å². The lowest BCUT2D eigenvalue weighted by Gasteiger charge is -2.43. The Morgan fingerprint density at radius 3 is 2.55 bits per heavy atom. The molecule has 1 fully saturated rings. The molecule has 4 heterocycles. The zero-order valence-electron chi connectivity index (χ0n) is 17.5. The maximum atomic E-state index is 14.0. The van der Waals surface area contributed by atoms with E-state index in [0.717, 1.165) is 24.2 Å². The zero-order valence-corrected chi connectivity index (χ0v) is 18.4. The lowest BCUT2D eigenvalue weighted by molar-refractivity contribution is 0.0651. The summed E-state index contributed by atoms with van der Waals surface area (Å²) in [5.74, 6) is -4.29. The summed E-state index contributed by atoms with van der Waals surface area (Å²) in [5.41, 5.74) is -1.28. The fourth-order valence-electron chi connectivity index (χ4n) is 4.43. The predicted octanol–water partition coefficient (Wildman–Crippen LogP) is 2.61. The van der Waals surface area contributed by atoms with Gasteiger partial charge in [-0.05, 0) is 19.8 Å². The van der Waals surface area contributed by atoms with Crippen molar-refractivity contribution >= 4 is 17.2 Å². The molecule has 1 N–H and O–H groups in total. The third kappa shape index (κ3) is 3.27. The number of halogens is 3. The standard InChI is InChI=1S/C21H18F3N5O3S/c1-9-3-4-16-27(2)21(32)17-19(31)18(30)12(8-28(17)29(9)16)20-26-25-15(33-20)7-11-13(23)5-10(22)6-14(11)24/h5-6,8-9,16,31H,3-4,7H2,1-2H3/t9-,16+/m1/s1. The number of aromatic nitrogens is 3. The van der Waals surface area contributed by atoms with Gasteiger partial charge in [-0.2, -0.15) is 0 Å². The molecule has 2 aromatic heterocycles. The molecule has 0 bridgehead atoms. The molecule has 0 unspecified atom stereocenters. The van der Waals surface area contributed by atoms with Crippen molar-refractivity contribution in [3.05, 3.63) is 62.3 Å². The van der Waals surface area contributed by atoms with E-state index in [4.69, 9.17) is 0 Å². The van der Waals surface area contributed by atoms with Crippen LogP contribution in [0.25, 0.3) is 10.6 Å². The highest BCUT2D eigenvalue weighted by Gasteiger charge is 2.43. The van der Waals surface area contributed by atoms with Gasteiger partial charge in [0.15, 0.2) is 16.5 Å².